The molecule has 0 saturated heterocycles. The second-order valence-corrected chi connectivity index (χ2v) is 11.5. The van der Waals surface area contributed by atoms with Crippen LogP contribution in [-0.2, 0) is 9.22 Å². The summed E-state index contributed by atoms with van der Waals surface area (Å²) in [5.74, 6) is 0.0625. The fourth-order valence-electron chi connectivity index (χ4n) is 1.22. The van der Waals surface area contributed by atoms with Crippen LogP contribution in [0, 0.1) is 0 Å². The zero-order chi connectivity index (χ0) is 14.2. The Morgan fingerprint density at radius 3 is 2.33 bits per heavy atom. The predicted molar refractivity (Wildman–Crippen MR) is 83.8 cm³/mol. The van der Waals surface area contributed by atoms with Crippen LogP contribution in [0.2, 0.25) is 18.1 Å². The van der Waals surface area contributed by atoms with Crippen molar-refractivity contribution in [2.24, 2.45) is 0 Å². The summed E-state index contributed by atoms with van der Waals surface area (Å²) in [4.78, 5) is 11.0. The Morgan fingerprint density at radius 2 is 1.83 bits per heavy atom. The van der Waals surface area contributed by atoms with E-state index in [0.29, 0.717) is 5.33 Å². The molecule has 0 radical (unpaired) electrons. The zero-order valence-corrected chi connectivity index (χ0v) is 15.0. The molecule has 0 aliphatic rings. The Bertz CT molecular complexity index is 252. The number of hydrogen-bond acceptors (Lipinski definition) is 2. The molecule has 1 N–H and O–H groups in total. The first-order chi connectivity index (χ1) is 8.20. The van der Waals surface area contributed by atoms with Gasteiger partial charge in [-0.15, -0.1) is 0 Å². The highest BCUT2D eigenvalue weighted by atomic mass is 79.9. The van der Waals surface area contributed by atoms with Crippen LogP contribution in [0.5, 0.6) is 0 Å². The second-order valence-electron chi connectivity index (χ2n) is 6.15. The minimum Gasteiger partial charge on any atom is -0.417 e. The van der Waals surface area contributed by atoms with Crippen molar-refractivity contribution in [3.63, 3.8) is 0 Å². The minimum absolute atomic E-state index is 0.0625. The molecule has 0 aromatic heterocycles. The molecule has 0 aliphatic heterocycles. The normalized spacial score (nSPS) is 12.6. The van der Waals surface area contributed by atoms with Gasteiger partial charge in [0.05, 0.1) is 5.33 Å². The third kappa shape index (κ3) is 7.54. The lowest BCUT2D eigenvalue weighted by molar-refractivity contribution is -0.118. The molecular weight excluding hydrogens is 310 g/mol. The summed E-state index contributed by atoms with van der Waals surface area (Å²) >= 11 is 3.12. The van der Waals surface area contributed by atoms with Crippen LogP contribution in [0.3, 0.4) is 0 Å². The van der Waals surface area contributed by atoms with E-state index in [9.17, 15) is 4.79 Å². The van der Waals surface area contributed by atoms with Crippen molar-refractivity contribution < 1.29 is 9.22 Å². The highest BCUT2D eigenvalue weighted by molar-refractivity contribution is 9.09. The molecular formula is C13H28BrNO2Si. The van der Waals surface area contributed by atoms with Gasteiger partial charge in [0, 0.05) is 13.2 Å². The van der Waals surface area contributed by atoms with Gasteiger partial charge in [-0.05, 0) is 37.4 Å². The predicted octanol–water partition coefficient (Wildman–Crippen LogP) is 3.69. The number of nitrogens with one attached hydrogen (secondary N) is 1. The summed E-state index contributed by atoms with van der Waals surface area (Å²) in [6, 6.07) is 0. The van der Waals surface area contributed by atoms with Crippen molar-refractivity contribution in [3.05, 3.63) is 0 Å². The van der Waals surface area contributed by atoms with Crippen LogP contribution in [-0.4, -0.2) is 32.7 Å². The van der Waals surface area contributed by atoms with Crippen molar-refractivity contribution in [2.75, 3.05) is 18.5 Å². The first-order valence-electron chi connectivity index (χ1n) is 6.67. The van der Waals surface area contributed by atoms with Crippen LogP contribution in [0.15, 0.2) is 0 Å². The Morgan fingerprint density at radius 1 is 1.22 bits per heavy atom. The molecule has 0 saturated carbocycles. The summed E-state index contributed by atoms with van der Waals surface area (Å²) in [5, 5.41) is 3.52. The number of carbonyl (C=O) groups excluding carboxylic acids is 1. The standard InChI is InChI=1S/C13H28BrNO2Si/c1-13(2,3)18(4,5)17-10-8-6-7-9-15-12(16)11-14/h6-11H2,1-5H3,(H,15,16). The van der Waals surface area contributed by atoms with Gasteiger partial charge in [-0.3, -0.25) is 4.79 Å². The van der Waals surface area contributed by atoms with Crippen LogP contribution < -0.4 is 5.32 Å². The fourth-order valence-corrected chi connectivity index (χ4v) is 2.51. The van der Waals surface area contributed by atoms with Crippen molar-refractivity contribution in [2.45, 2.75) is 58.2 Å². The molecule has 0 unspecified atom stereocenters. The number of hydrogen-bond donors (Lipinski definition) is 1. The van der Waals surface area contributed by atoms with Crippen LogP contribution in [0.25, 0.3) is 0 Å². The number of amides is 1. The van der Waals surface area contributed by atoms with Gasteiger partial charge in [0.25, 0.3) is 0 Å². The molecule has 0 heterocycles. The molecule has 3 nitrogen and oxygen atoms in total. The van der Waals surface area contributed by atoms with E-state index in [2.05, 4.69) is 55.1 Å². The van der Waals surface area contributed by atoms with Crippen molar-refractivity contribution in [1.82, 2.24) is 5.32 Å². The van der Waals surface area contributed by atoms with Crippen LogP contribution in [0.4, 0.5) is 0 Å². The first kappa shape index (κ1) is 18.1. The molecule has 18 heavy (non-hydrogen) atoms. The van der Waals surface area contributed by atoms with Crippen molar-refractivity contribution >= 4 is 30.2 Å². The average Bonchev–Trinajstić information content (AvgIpc) is 2.25. The SMILES string of the molecule is CC(C)(C)[Si](C)(C)OCCCCCNC(=O)CBr. The van der Waals surface area contributed by atoms with Crippen molar-refractivity contribution in [3.8, 4) is 0 Å². The van der Waals surface area contributed by atoms with E-state index >= 15 is 0 Å². The number of halogens is 1. The van der Waals surface area contributed by atoms with Gasteiger partial charge in [0.2, 0.25) is 5.91 Å². The number of unbranched alkanes of at least 4 members (excludes halogenated alkanes) is 2. The van der Waals surface area contributed by atoms with E-state index in [1.165, 1.54) is 0 Å². The lowest BCUT2D eigenvalue weighted by Crippen LogP contribution is -2.40. The van der Waals surface area contributed by atoms with Gasteiger partial charge in [-0.1, -0.05) is 36.7 Å². The monoisotopic (exact) mass is 337 g/mol. The van der Waals surface area contributed by atoms with E-state index in [-0.39, 0.29) is 10.9 Å². The zero-order valence-electron chi connectivity index (χ0n) is 12.4. The first-order valence-corrected chi connectivity index (χ1v) is 10.7. The molecule has 0 aliphatic carbocycles. The number of alkyl halides is 1. The minimum atomic E-state index is -1.57. The highest BCUT2D eigenvalue weighted by Crippen LogP contribution is 2.36. The lowest BCUT2D eigenvalue weighted by Gasteiger charge is -2.36. The molecule has 108 valence electrons. The van der Waals surface area contributed by atoms with Gasteiger partial charge in [-0.25, -0.2) is 0 Å². The fraction of sp³-hybridized carbons (Fsp3) is 0.923. The molecule has 0 aromatic carbocycles. The second kappa shape index (κ2) is 8.33. The largest absolute Gasteiger partial charge is 0.417 e. The van der Waals surface area contributed by atoms with Crippen LogP contribution >= 0.6 is 15.9 Å². The van der Waals surface area contributed by atoms with E-state index in [1.807, 2.05) is 0 Å². The smallest absolute Gasteiger partial charge is 0.230 e. The maximum absolute atomic E-state index is 11.0. The number of carbonyl (C=O) groups is 1. The number of rotatable bonds is 8. The Hall–Kier alpha value is 0.127. The Kier molecular flexibility index (Phi) is 8.39. The maximum Gasteiger partial charge on any atom is 0.230 e. The maximum atomic E-state index is 11.0. The van der Waals surface area contributed by atoms with Gasteiger partial charge in [-0.2, -0.15) is 0 Å². The summed E-state index contributed by atoms with van der Waals surface area (Å²) in [5.41, 5.74) is 0. The van der Waals surface area contributed by atoms with Crippen molar-refractivity contribution in [1.29, 1.82) is 0 Å². The van der Waals surface area contributed by atoms with Gasteiger partial charge < -0.3 is 9.74 Å². The molecule has 0 atom stereocenters. The van der Waals surface area contributed by atoms with Gasteiger partial charge in [0.1, 0.15) is 0 Å². The molecule has 0 bridgehead atoms. The van der Waals surface area contributed by atoms with E-state index in [4.69, 9.17) is 4.43 Å². The summed E-state index contributed by atoms with van der Waals surface area (Å²) in [7, 11) is -1.57. The molecule has 5 heteroatoms. The third-order valence-electron chi connectivity index (χ3n) is 3.53. The quantitative estimate of drug-likeness (QED) is 0.416. The molecule has 0 rings (SSSR count). The lowest BCUT2D eigenvalue weighted by atomic mass is 10.2. The molecule has 0 aromatic rings. The summed E-state index contributed by atoms with van der Waals surface area (Å²) in [6.45, 7) is 13.0. The Balaban J connectivity index is 3.55. The molecule has 0 fully saturated rings. The van der Waals surface area contributed by atoms with Gasteiger partial charge in [0.15, 0.2) is 8.32 Å². The highest BCUT2D eigenvalue weighted by Gasteiger charge is 2.36. The summed E-state index contributed by atoms with van der Waals surface area (Å²) < 4.78 is 6.09. The van der Waals surface area contributed by atoms with Gasteiger partial charge >= 0.3 is 0 Å². The van der Waals surface area contributed by atoms with E-state index in [0.717, 1.165) is 32.4 Å². The van der Waals surface area contributed by atoms with Crippen LogP contribution in [0.1, 0.15) is 40.0 Å². The third-order valence-corrected chi connectivity index (χ3v) is 8.58. The van der Waals surface area contributed by atoms with E-state index in [1.54, 1.807) is 0 Å². The van der Waals surface area contributed by atoms with E-state index < -0.39 is 8.32 Å². The summed E-state index contributed by atoms with van der Waals surface area (Å²) in [6.07, 6.45) is 3.22. The Labute approximate surface area is 121 Å². The topological polar surface area (TPSA) is 38.3 Å². The average molecular weight is 338 g/mol. The molecule has 1 amide bonds. The molecule has 0 spiro atoms.